The van der Waals surface area contributed by atoms with Crippen molar-refractivity contribution in [3.8, 4) is 5.75 Å². The number of rotatable bonds is 4. The van der Waals surface area contributed by atoms with Crippen molar-refractivity contribution in [2.75, 3.05) is 27.3 Å². The number of likely N-dealkylation sites (tertiary alicyclic amines) is 1. The van der Waals surface area contributed by atoms with Crippen molar-refractivity contribution in [3.63, 3.8) is 0 Å². The SMILES string of the molecule is COc1ccc2ncc(C(=O)OCC3CCCCN3C)cc2c1. The molecule has 0 saturated carbocycles. The predicted molar refractivity (Wildman–Crippen MR) is 88.8 cm³/mol. The number of carbonyl (C=O) groups is 1. The molecule has 1 aromatic heterocycles. The number of hydrogen-bond donors (Lipinski definition) is 0. The molecule has 1 aromatic carbocycles. The Hall–Kier alpha value is -2.14. The fraction of sp³-hybridized carbons (Fsp3) is 0.444. The number of aromatic nitrogens is 1. The molecular formula is C18H22N2O3. The van der Waals surface area contributed by atoms with Gasteiger partial charge in [0.05, 0.1) is 18.2 Å². The van der Waals surface area contributed by atoms with Gasteiger partial charge in [-0.25, -0.2) is 4.79 Å². The lowest BCUT2D eigenvalue weighted by Gasteiger charge is -2.31. The van der Waals surface area contributed by atoms with E-state index in [-0.39, 0.29) is 5.97 Å². The van der Waals surface area contributed by atoms with Crippen molar-refractivity contribution in [2.45, 2.75) is 25.3 Å². The minimum atomic E-state index is -0.318. The summed E-state index contributed by atoms with van der Waals surface area (Å²) in [5.41, 5.74) is 1.30. The highest BCUT2D eigenvalue weighted by Gasteiger charge is 2.21. The third kappa shape index (κ3) is 3.62. The van der Waals surface area contributed by atoms with E-state index in [1.807, 2.05) is 18.2 Å². The van der Waals surface area contributed by atoms with Gasteiger partial charge >= 0.3 is 5.97 Å². The van der Waals surface area contributed by atoms with Crippen LogP contribution >= 0.6 is 0 Å². The number of hydrogen-bond acceptors (Lipinski definition) is 5. The Balaban J connectivity index is 1.70. The Morgan fingerprint density at radius 1 is 1.35 bits per heavy atom. The van der Waals surface area contributed by atoms with Crippen LogP contribution in [0.5, 0.6) is 5.75 Å². The first-order valence-electron chi connectivity index (χ1n) is 7.98. The molecule has 1 saturated heterocycles. The molecule has 122 valence electrons. The van der Waals surface area contributed by atoms with Crippen molar-refractivity contribution in [3.05, 3.63) is 36.0 Å². The van der Waals surface area contributed by atoms with Gasteiger partial charge in [-0.15, -0.1) is 0 Å². The molecule has 0 spiro atoms. The molecule has 23 heavy (non-hydrogen) atoms. The van der Waals surface area contributed by atoms with Crippen LogP contribution in [0.1, 0.15) is 29.6 Å². The van der Waals surface area contributed by atoms with E-state index in [0.717, 1.165) is 29.6 Å². The van der Waals surface area contributed by atoms with Crippen LogP contribution in [0.25, 0.3) is 10.9 Å². The largest absolute Gasteiger partial charge is 0.497 e. The lowest BCUT2D eigenvalue weighted by Crippen LogP contribution is -2.39. The number of fused-ring (bicyclic) bond motifs is 1. The highest BCUT2D eigenvalue weighted by molar-refractivity contribution is 5.93. The van der Waals surface area contributed by atoms with Gasteiger partial charge in [-0.3, -0.25) is 4.98 Å². The average Bonchev–Trinajstić information content (AvgIpc) is 2.59. The molecule has 0 bridgehead atoms. The first-order chi connectivity index (χ1) is 11.2. The maximum absolute atomic E-state index is 12.3. The quantitative estimate of drug-likeness (QED) is 0.812. The van der Waals surface area contributed by atoms with Gasteiger partial charge in [0.1, 0.15) is 12.4 Å². The molecule has 0 aliphatic carbocycles. The molecule has 1 aliphatic heterocycles. The molecule has 1 aliphatic rings. The molecule has 3 rings (SSSR count). The summed E-state index contributed by atoms with van der Waals surface area (Å²) >= 11 is 0. The number of pyridine rings is 1. The maximum Gasteiger partial charge on any atom is 0.339 e. The molecule has 5 heteroatoms. The van der Waals surface area contributed by atoms with Crippen LogP contribution in [0.3, 0.4) is 0 Å². The molecule has 1 unspecified atom stereocenters. The summed E-state index contributed by atoms with van der Waals surface area (Å²) in [5, 5.41) is 0.869. The molecule has 0 radical (unpaired) electrons. The van der Waals surface area contributed by atoms with Gasteiger partial charge in [0, 0.05) is 17.6 Å². The van der Waals surface area contributed by atoms with Crippen LogP contribution < -0.4 is 4.74 Å². The van der Waals surface area contributed by atoms with E-state index < -0.39 is 0 Å². The lowest BCUT2D eigenvalue weighted by molar-refractivity contribution is 0.0328. The summed E-state index contributed by atoms with van der Waals surface area (Å²) in [5.74, 6) is 0.426. The lowest BCUT2D eigenvalue weighted by atomic mass is 10.0. The molecular weight excluding hydrogens is 292 g/mol. The van der Waals surface area contributed by atoms with E-state index in [1.54, 1.807) is 19.4 Å². The van der Waals surface area contributed by atoms with Crippen molar-refractivity contribution in [1.82, 2.24) is 9.88 Å². The van der Waals surface area contributed by atoms with Gasteiger partial charge in [-0.05, 0) is 50.7 Å². The second-order valence-corrected chi connectivity index (χ2v) is 6.01. The Morgan fingerprint density at radius 3 is 3.00 bits per heavy atom. The summed E-state index contributed by atoms with van der Waals surface area (Å²) in [4.78, 5) is 18.9. The molecule has 2 heterocycles. The molecule has 5 nitrogen and oxygen atoms in total. The van der Waals surface area contributed by atoms with Crippen molar-refractivity contribution < 1.29 is 14.3 Å². The summed E-state index contributed by atoms with van der Waals surface area (Å²) < 4.78 is 10.7. The highest BCUT2D eigenvalue weighted by Crippen LogP contribution is 2.21. The molecule has 1 fully saturated rings. The summed E-state index contributed by atoms with van der Waals surface area (Å²) in [7, 11) is 3.70. The van der Waals surface area contributed by atoms with E-state index in [0.29, 0.717) is 18.2 Å². The number of methoxy groups -OCH3 is 1. The van der Waals surface area contributed by atoms with Crippen LogP contribution in [-0.2, 0) is 4.74 Å². The van der Waals surface area contributed by atoms with Gasteiger partial charge < -0.3 is 14.4 Å². The number of carbonyl (C=O) groups excluding carboxylic acids is 1. The zero-order valence-corrected chi connectivity index (χ0v) is 13.6. The first kappa shape index (κ1) is 15.7. The fourth-order valence-electron chi connectivity index (χ4n) is 2.96. The van der Waals surface area contributed by atoms with E-state index >= 15 is 0 Å². The first-order valence-corrected chi connectivity index (χ1v) is 7.98. The zero-order valence-electron chi connectivity index (χ0n) is 13.6. The fourth-order valence-corrected chi connectivity index (χ4v) is 2.96. The Labute approximate surface area is 136 Å². The molecule has 0 amide bonds. The van der Waals surface area contributed by atoms with Gasteiger partial charge in [-0.1, -0.05) is 6.42 Å². The third-order valence-electron chi connectivity index (χ3n) is 4.45. The van der Waals surface area contributed by atoms with Crippen molar-refractivity contribution in [1.29, 1.82) is 0 Å². The number of likely N-dealkylation sites (N-methyl/N-ethyl adjacent to an activating group) is 1. The second-order valence-electron chi connectivity index (χ2n) is 6.01. The van der Waals surface area contributed by atoms with Crippen LogP contribution in [0.15, 0.2) is 30.5 Å². The predicted octanol–water partition coefficient (Wildman–Crippen LogP) is 2.88. The van der Waals surface area contributed by atoms with Gasteiger partial charge in [-0.2, -0.15) is 0 Å². The average molecular weight is 314 g/mol. The monoisotopic (exact) mass is 314 g/mol. The van der Waals surface area contributed by atoms with Crippen LogP contribution in [0.2, 0.25) is 0 Å². The maximum atomic E-state index is 12.3. The van der Waals surface area contributed by atoms with Gasteiger partial charge in [0.15, 0.2) is 0 Å². The minimum Gasteiger partial charge on any atom is -0.497 e. The molecule has 1 atom stereocenters. The third-order valence-corrected chi connectivity index (χ3v) is 4.45. The number of benzene rings is 1. The minimum absolute atomic E-state index is 0.318. The molecule has 2 aromatic rings. The second kappa shape index (κ2) is 6.96. The zero-order chi connectivity index (χ0) is 16.2. The number of nitrogens with zero attached hydrogens (tertiary/aromatic N) is 2. The number of piperidine rings is 1. The number of esters is 1. The topological polar surface area (TPSA) is 51.7 Å². The van der Waals surface area contributed by atoms with Crippen molar-refractivity contribution in [2.24, 2.45) is 0 Å². The Bertz CT molecular complexity index is 702. The van der Waals surface area contributed by atoms with Gasteiger partial charge in [0.25, 0.3) is 0 Å². The standard InChI is InChI=1S/C18H22N2O3/c1-20-8-4-3-5-15(20)12-23-18(21)14-9-13-10-16(22-2)6-7-17(13)19-11-14/h6-7,9-11,15H,3-5,8,12H2,1-2H3. The smallest absolute Gasteiger partial charge is 0.339 e. The van der Waals surface area contributed by atoms with Gasteiger partial charge in [0.2, 0.25) is 0 Å². The van der Waals surface area contributed by atoms with Crippen molar-refractivity contribution >= 4 is 16.9 Å². The molecule has 0 N–H and O–H groups in total. The van der Waals surface area contributed by atoms with Crippen LogP contribution in [0, 0.1) is 0 Å². The Kier molecular flexibility index (Phi) is 4.76. The van der Waals surface area contributed by atoms with Crippen LogP contribution in [0.4, 0.5) is 0 Å². The van der Waals surface area contributed by atoms with E-state index in [1.165, 1.54) is 12.8 Å². The van der Waals surface area contributed by atoms with Crippen LogP contribution in [-0.4, -0.2) is 49.2 Å². The van der Waals surface area contributed by atoms with E-state index in [2.05, 4.69) is 16.9 Å². The summed E-state index contributed by atoms with van der Waals surface area (Å²) in [6, 6.07) is 7.72. The normalized spacial score (nSPS) is 18.8. The summed E-state index contributed by atoms with van der Waals surface area (Å²) in [6.45, 7) is 1.50. The summed E-state index contributed by atoms with van der Waals surface area (Å²) in [6.07, 6.45) is 5.07. The van der Waals surface area contributed by atoms with E-state index in [9.17, 15) is 4.79 Å². The highest BCUT2D eigenvalue weighted by atomic mass is 16.5. The number of ether oxygens (including phenoxy) is 2. The Morgan fingerprint density at radius 2 is 2.22 bits per heavy atom. The van der Waals surface area contributed by atoms with E-state index in [4.69, 9.17) is 9.47 Å².